The predicted molar refractivity (Wildman–Crippen MR) is 59.2 cm³/mol. The van der Waals surface area contributed by atoms with Crippen LogP contribution in [0.15, 0.2) is 33.5 Å². The van der Waals surface area contributed by atoms with E-state index in [2.05, 4.69) is 20.9 Å². The average molecular weight is 268 g/mol. The molecule has 1 aromatic carbocycles. The molecule has 0 aliphatic rings. The van der Waals surface area contributed by atoms with Gasteiger partial charge in [-0.2, -0.15) is 0 Å². The third kappa shape index (κ3) is 1.78. The van der Waals surface area contributed by atoms with Crippen molar-refractivity contribution >= 4 is 32.8 Å². The fourth-order valence-corrected chi connectivity index (χ4v) is 1.77. The van der Waals surface area contributed by atoms with Gasteiger partial charge in [-0.1, -0.05) is 22.0 Å². The zero-order valence-electron chi connectivity index (χ0n) is 7.45. The third-order valence-corrected chi connectivity index (χ3v) is 2.53. The number of carbonyl (C=O) groups is 1. The number of rotatable bonds is 1. The molecule has 2 aromatic rings. The van der Waals surface area contributed by atoms with Crippen molar-refractivity contribution in [1.82, 2.24) is 4.98 Å². The van der Waals surface area contributed by atoms with Crippen LogP contribution in [0.3, 0.4) is 0 Å². The van der Waals surface area contributed by atoms with Crippen LogP contribution in [-0.2, 0) is 0 Å². The van der Waals surface area contributed by atoms with Gasteiger partial charge in [0.05, 0.1) is 11.1 Å². The normalized spacial score (nSPS) is 10.5. The van der Waals surface area contributed by atoms with Crippen LogP contribution in [0.1, 0.15) is 10.4 Å². The van der Waals surface area contributed by atoms with Crippen molar-refractivity contribution in [2.45, 2.75) is 0 Å². The highest BCUT2D eigenvalue weighted by molar-refractivity contribution is 9.10. The number of pyridine rings is 1. The monoisotopic (exact) mass is 267 g/mol. The van der Waals surface area contributed by atoms with Crippen molar-refractivity contribution in [2.24, 2.45) is 0 Å². The molecule has 0 bridgehead atoms. The summed E-state index contributed by atoms with van der Waals surface area (Å²) >= 11 is 3.25. The second kappa shape index (κ2) is 3.51. The molecule has 0 atom stereocenters. The van der Waals surface area contributed by atoms with Crippen molar-refractivity contribution in [3.63, 3.8) is 0 Å². The largest absolute Gasteiger partial charge is 0.478 e. The summed E-state index contributed by atoms with van der Waals surface area (Å²) in [4.78, 5) is 24.7. The van der Waals surface area contributed by atoms with E-state index in [4.69, 9.17) is 5.11 Å². The molecule has 4 nitrogen and oxygen atoms in total. The highest BCUT2D eigenvalue weighted by Crippen LogP contribution is 2.19. The molecule has 0 saturated heterocycles. The Kier molecular flexibility index (Phi) is 2.32. The molecule has 5 heteroatoms. The zero-order chi connectivity index (χ0) is 11.0. The highest BCUT2D eigenvalue weighted by atomic mass is 79.9. The maximum atomic E-state index is 11.2. The van der Waals surface area contributed by atoms with Gasteiger partial charge in [0.25, 0.3) is 0 Å². The molecule has 76 valence electrons. The van der Waals surface area contributed by atoms with Gasteiger partial charge in [-0.3, -0.25) is 4.79 Å². The first-order chi connectivity index (χ1) is 7.08. The minimum atomic E-state index is -1.10. The lowest BCUT2D eigenvalue weighted by Gasteiger charge is -2.01. The Morgan fingerprint density at radius 1 is 1.33 bits per heavy atom. The summed E-state index contributed by atoms with van der Waals surface area (Å²) in [5.41, 5.74) is 0.105. The van der Waals surface area contributed by atoms with Gasteiger partial charge in [0.2, 0.25) is 5.56 Å². The highest BCUT2D eigenvalue weighted by Gasteiger charge is 2.09. The van der Waals surface area contributed by atoms with E-state index in [0.717, 1.165) is 10.5 Å². The van der Waals surface area contributed by atoms with Gasteiger partial charge in [0, 0.05) is 15.9 Å². The maximum absolute atomic E-state index is 11.2. The number of H-pyrrole nitrogens is 1. The van der Waals surface area contributed by atoms with Crippen LogP contribution in [0.5, 0.6) is 0 Å². The smallest absolute Gasteiger partial charge is 0.336 e. The van der Waals surface area contributed by atoms with Crippen molar-refractivity contribution in [2.75, 3.05) is 0 Å². The van der Waals surface area contributed by atoms with Gasteiger partial charge < -0.3 is 10.1 Å². The number of halogens is 1. The van der Waals surface area contributed by atoms with E-state index < -0.39 is 11.5 Å². The minimum Gasteiger partial charge on any atom is -0.478 e. The van der Waals surface area contributed by atoms with Crippen LogP contribution in [0.4, 0.5) is 0 Å². The first-order valence-corrected chi connectivity index (χ1v) is 4.93. The lowest BCUT2D eigenvalue weighted by atomic mass is 10.1. The van der Waals surface area contributed by atoms with E-state index >= 15 is 0 Å². The summed E-state index contributed by atoms with van der Waals surface area (Å²) in [7, 11) is 0. The summed E-state index contributed by atoms with van der Waals surface area (Å²) in [5, 5.41) is 9.43. The van der Waals surface area contributed by atoms with E-state index in [1.807, 2.05) is 0 Å². The lowest BCUT2D eigenvalue weighted by molar-refractivity contribution is 0.0699. The quantitative estimate of drug-likeness (QED) is 0.830. The van der Waals surface area contributed by atoms with Crippen molar-refractivity contribution in [3.05, 3.63) is 44.7 Å². The number of carboxylic acid groups (broad SMARTS) is 1. The Morgan fingerprint density at radius 3 is 2.73 bits per heavy atom. The molecular formula is C10H6BrNO3. The van der Waals surface area contributed by atoms with Gasteiger partial charge in [-0.15, -0.1) is 0 Å². The first kappa shape index (κ1) is 9.92. The third-order valence-electron chi connectivity index (χ3n) is 2.04. The average Bonchev–Trinajstić information content (AvgIpc) is 2.15. The molecule has 0 radical (unpaired) electrons. The molecule has 1 heterocycles. The van der Waals surface area contributed by atoms with Gasteiger partial charge in [0.15, 0.2) is 0 Å². The Balaban J connectivity index is 2.92. The van der Waals surface area contributed by atoms with Crippen LogP contribution < -0.4 is 5.56 Å². The number of hydrogen-bond acceptors (Lipinski definition) is 2. The molecule has 1 aromatic heterocycles. The fraction of sp³-hybridized carbons (Fsp3) is 0. The summed E-state index contributed by atoms with van der Waals surface area (Å²) in [6.07, 6.45) is 0. The summed E-state index contributed by atoms with van der Waals surface area (Å²) in [5.74, 6) is -1.10. The number of hydrogen-bond donors (Lipinski definition) is 2. The van der Waals surface area contributed by atoms with Crippen LogP contribution in [0, 0.1) is 0 Å². The van der Waals surface area contributed by atoms with Gasteiger partial charge in [-0.25, -0.2) is 4.79 Å². The molecule has 0 aliphatic carbocycles. The van der Waals surface area contributed by atoms with Gasteiger partial charge >= 0.3 is 5.97 Å². The van der Waals surface area contributed by atoms with Crippen LogP contribution >= 0.6 is 15.9 Å². The predicted octanol–water partition coefficient (Wildman–Crippen LogP) is 1.99. The SMILES string of the molecule is O=C(O)c1cc(=O)[nH]c2cc(Br)ccc12. The van der Waals surface area contributed by atoms with Crippen molar-refractivity contribution in [1.29, 1.82) is 0 Å². The van der Waals surface area contributed by atoms with E-state index in [9.17, 15) is 9.59 Å². The summed E-state index contributed by atoms with van der Waals surface area (Å²) in [6, 6.07) is 6.13. The van der Waals surface area contributed by atoms with E-state index in [-0.39, 0.29) is 5.56 Å². The minimum absolute atomic E-state index is 0.0150. The summed E-state index contributed by atoms with van der Waals surface area (Å²) < 4.78 is 0.785. The number of nitrogens with one attached hydrogen (secondary N) is 1. The number of fused-ring (bicyclic) bond motifs is 1. The second-order valence-electron chi connectivity index (χ2n) is 3.04. The van der Waals surface area contributed by atoms with E-state index in [1.54, 1.807) is 18.2 Å². The Bertz CT molecular complexity index is 603. The number of aromatic carboxylic acids is 1. The van der Waals surface area contributed by atoms with Crippen LogP contribution in [-0.4, -0.2) is 16.1 Å². The Labute approximate surface area is 92.7 Å². The molecule has 2 N–H and O–H groups in total. The second-order valence-corrected chi connectivity index (χ2v) is 3.96. The van der Waals surface area contributed by atoms with Crippen LogP contribution in [0.25, 0.3) is 10.9 Å². The molecule has 2 rings (SSSR count). The Hall–Kier alpha value is -1.62. The number of aromatic nitrogens is 1. The molecule has 0 fully saturated rings. The molecule has 0 aliphatic heterocycles. The van der Waals surface area contributed by atoms with Crippen molar-refractivity contribution < 1.29 is 9.90 Å². The van der Waals surface area contributed by atoms with Gasteiger partial charge in [-0.05, 0) is 12.1 Å². The topological polar surface area (TPSA) is 70.2 Å². The van der Waals surface area contributed by atoms with Gasteiger partial charge in [0.1, 0.15) is 0 Å². The maximum Gasteiger partial charge on any atom is 0.336 e. The molecule has 0 spiro atoms. The molecule has 15 heavy (non-hydrogen) atoms. The summed E-state index contributed by atoms with van der Waals surface area (Å²) in [6.45, 7) is 0. The molecule has 0 unspecified atom stereocenters. The number of carboxylic acids is 1. The standard InChI is InChI=1S/C10H6BrNO3/c11-5-1-2-6-7(10(14)15)4-9(13)12-8(6)3-5/h1-4H,(H,12,13)(H,14,15). The molecule has 0 amide bonds. The number of aromatic amines is 1. The molecule has 0 saturated carbocycles. The first-order valence-electron chi connectivity index (χ1n) is 4.14. The number of benzene rings is 1. The molecular weight excluding hydrogens is 262 g/mol. The van der Waals surface area contributed by atoms with E-state index in [1.165, 1.54) is 0 Å². The van der Waals surface area contributed by atoms with Crippen LogP contribution in [0.2, 0.25) is 0 Å². The zero-order valence-corrected chi connectivity index (χ0v) is 9.04. The lowest BCUT2D eigenvalue weighted by Crippen LogP contribution is -2.09. The fourth-order valence-electron chi connectivity index (χ4n) is 1.41. The van der Waals surface area contributed by atoms with E-state index in [0.29, 0.717) is 10.9 Å². The Morgan fingerprint density at radius 2 is 2.07 bits per heavy atom. The van der Waals surface area contributed by atoms with Crippen molar-refractivity contribution in [3.8, 4) is 0 Å².